The van der Waals surface area contributed by atoms with Crippen LogP contribution in [0.1, 0.15) is 17.4 Å². The molecule has 1 unspecified atom stereocenters. The molecule has 1 aliphatic rings. The number of hydrogen-bond donors (Lipinski definition) is 2. The average Bonchev–Trinajstić information content (AvgIpc) is 2.88. The summed E-state index contributed by atoms with van der Waals surface area (Å²) in [5, 5.41) is 18.8. The Kier molecular flexibility index (Phi) is 6.57. The minimum atomic E-state index is -1.32. The molecule has 186 valence electrons. The highest BCUT2D eigenvalue weighted by Crippen LogP contribution is 2.39. The number of aliphatic hydroxyl groups is 1. The van der Waals surface area contributed by atoms with Crippen LogP contribution in [0.15, 0.2) is 42.5 Å². The molecule has 1 saturated heterocycles. The molecule has 1 aliphatic heterocycles. The van der Waals surface area contributed by atoms with Crippen molar-refractivity contribution in [2.75, 3.05) is 44.0 Å². The maximum absolute atomic E-state index is 15.5. The standard InChI is InChI=1S/C25H22ClF2N5O3/c1-35-23-3-2-20(31-32-23)25(34)16-10-14(18(27)12-17(16)26)15-11-22(29)30-21-9-13(8-19(28)24(15)21)33-4-6-36-7-5-33/h2-3,8-12,25,34H,4-7H2,1H3,(H2,29,30). The fourth-order valence-electron chi connectivity index (χ4n) is 4.27. The molecule has 1 atom stereocenters. The van der Waals surface area contributed by atoms with E-state index in [1.54, 1.807) is 6.07 Å². The minimum absolute atomic E-state index is 0.00652. The van der Waals surface area contributed by atoms with Crippen molar-refractivity contribution in [2.45, 2.75) is 6.10 Å². The lowest BCUT2D eigenvalue weighted by Crippen LogP contribution is -2.36. The van der Waals surface area contributed by atoms with Crippen molar-refractivity contribution in [3.8, 4) is 17.0 Å². The Balaban J connectivity index is 1.63. The van der Waals surface area contributed by atoms with E-state index in [0.717, 1.165) is 6.07 Å². The fourth-order valence-corrected chi connectivity index (χ4v) is 4.52. The maximum atomic E-state index is 15.5. The SMILES string of the molecule is COc1ccc(C(O)c2cc(-c3cc(N)nc4cc(N5CCOCC5)cc(F)c34)c(F)cc2Cl)nn1. The number of pyridine rings is 1. The molecule has 0 saturated carbocycles. The van der Waals surface area contributed by atoms with E-state index in [0.29, 0.717) is 32.0 Å². The van der Waals surface area contributed by atoms with E-state index in [-0.39, 0.29) is 50.0 Å². The molecule has 3 heterocycles. The number of aliphatic hydroxyl groups excluding tert-OH is 1. The van der Waals surface area contributed by atoms with Crippen LogP contribution in [0.5, 0.6) is 5.88 Å². The molecule has 0 spiro atoms. The number of ether oxygens (including phenoxy) is 2. The molecule has 0 aliphatic carbocycles. The van der Waals surface area contributed by atoms with Gasteiger partial charge in [0.05, 0.1) is 31.5 Å². The van der Waals surface area contributed by atoms with Gasteiger partial charge in [-0.1, -0.05) is 11.6 Å². The highest BCUT2D eigenvalue weighted by Gasteiger charge is 2.23. The first kappa shape index (κ1) is 24.1. The first-order valence-corrected chi connectivity index (χ1v) is 11.5. The number of nitrogen functional groups attached to an aromatic ring is 1. The van der Waals surface area contributed by atoms with E-state index in [1.807, 2.05) is 4.90 Å². The Morgan fingerprint density at radius 2 is 1.83 bits per heavy atom. The molecule has 0 bridgehead atoms. The summed E-state index contributed by atoms with van der Waals surface area (Å²) in [6.45, 7) is 2.30. The van der Waals surface area contributed by atoms with E-state index >= 15 is 8.78 Å². The molecule has 2 aromatic heterocycles. The van der Waals surface area contributed by atoms with Gasteiger partial charge in [-0.15, -0.1) is 10.2 Å². The molecule has 2 aromatic carbocycles. The predicted octanol–water partition coefficient (Wildman–Crippen LogP) is 4.13. The smallest absolute Gasteiger partial charge is 0.233 e. The quantitative estimate of drug-likeness (QED) is 0.410. The van der Waals surface area contributed by atoms with Gasteiger partial charge >= 0.3 is 0 Å². The van der Waals surface area contributed by atoms with Crippen LogP contribution in [0.3, 0.4) is 0 Å². The summed E-state index contributed by atoms with van der Waals surface area (Å²) in [6, 6.07) is 9.98. The predicted molar refractivity (Wildman–Crippen MR) is 132 cm³/mol. The molecular weight excluding hydrogens is 492 g/mol. The second-order valence-corrected chi connectivity index (χ2v) is 8.68. The third-order valence-electron chi connectivity index (χ3n) is 6.06. The van der Waals surface area contributed by atoms with E-state index in [9.17, 15) is 5.11 Å². The second kappa shape index (κ2) is 9.81. The zero-order valence-corrected chi connectivity index (χ0v) is 20.0. The van der Waals surface area contributed by atoms with Gasteiger partial charge in [-0.3, -0.25) is 0 Å². The number of nitrogens with two attached hydrogens (primary N) is 1. The van der Waals surface area contributed by atoms with Crippen molar-refractivity contribution in [2.24, 2.45) is 0 Å². The number of anilines is 2. The molecule has 0 amide bonds. The lowest BCUT2D eigenvalue weighted by molar-refractivity contribution is 0.122. The number of aromatic nitrogens is 3. The Morgan fingerprint density at radius 3 is 2.53 bits per heavy atom. The number of hydrogen-bond acceptors (Lipinski definition) is 8. The molecule has 0 radical (unpaired) electrons. The van der Waals surface area contributed by atoms with Crippen molar-refractivity contribution in [3.63, 3.8) is 0 Å². The largest absolute Gasteiger partial charge is 0.480 e. The molecule has 8 nitrogen and oxygen atoms in total. The molecule has 1 fully saturated rings. The summed E-state index contributed by atoms with van der Waals surface area (Å²) in [5.74, 6) is -0.926. The molecule has 4 aromatic rings. The summed E-state index contributed by atoms with van der Waals surface area (Å²) in [7, 11) is 1.44. The third-order valence-corrected chi connectivity index (χ3v) is 6.39. The maximum Gasteiger partial charge on any atom is 0.233 e. The number of nitrogens with zero attached hydrogens (tertiary/aromatic N) is 4. The summed E-state index contributed by atoms with van der Waals surface area (Å²) in [5.41, 5.74) is 7.50. The van der Waals surface area contributed by atoms with Gasteiger partial charge in [0.15, 0.2) is 0 Å². The van der Waals surface area contributed by atoms with E-state index in [4.69, 9.17) is 26.8 Å². The van der Waals surface area contributed by atoms with E-state index in [1.165, 1.54) is 37.4 Å². The van der Waals surface area contributed by atoms with Crippen LogP contribution in [-0.4, -0.2) is 53.7 Å². The zero-order chi connectivity index (χ0) is 25.4. The molecular formula is C25H22ClF2N5O3. The number of fused-ring (bicyclic) bond motifs is 1. The first-order chi connectivity index (χ1) is 17.4. The van der Waals surface area contributed by atoms with Gasteiger partial charge in [0, 0.05) is 51.9 Å². The monoisotopic (exact) mass is 513 g/mol. The Morgan fingerprint density at radius 1 is 1.06 bits per heavy atom. The van der Waals surface area contributed by atoms with Crippen LogP contribution in [0.25, 0.3) is 22.0 Å². The number of morpholine rings is 1. The number of benzene rings is 2. The van der Waals surface area contributed by atoms with Crippen molar-refractivity contribution in [1.29, 1.82) is 0 Å². The van der Waals surface area contributed by atoms with Crippen LogP contribution in [0, 0.1) is 11.6 Å². The average molecular weight is 514 g/mol. The first-order valence-electron chi connectivity index (χ1n) is 11.1. The summed E-state index contributed by atoms with van der Waals surface area (Å²) >= 11 is 6.28. The number of methoxy groups -OCH3 is 1. The lowest BCUT2D eigenvalue weighted by Gasteiger charge is -2.29. The Bertz CT molecular complexity index is 1430. The van der Waals surface area contributed by atoms with Crippen LogP contribution in [0.4, 0.5) is 20.3 Å². The second-order valence-electron chi connectivity index (χ2n) is 8.27. The van der Waals surface area contributed by atoms with Crippen LogP contribution < -0.4 is 15.4 Å². The van der Waals surface area contributed by atoms with Gasteiger partial charge < -0.3 is 25.2 Å². The van der Waals surface area contributed by atoms with E-state index in [2.05, 4.69) is 15.2 Å². The van der Waals surface area contributed by atoms with Gasteiger partial charge in [-0.05, 0) is 36.4 Å². The Hall–Kier alpha value is -3.60. The highest BCUT2D eigenvalue weighted by molar-refractivity contribution is 6.31. The third kappa shape index (κ3) is 4.50. The van der Waals surface area contributed by atoms with Crippen molar-refractivity contribution < 1.29 is 23.4 Å². The van der Waals surface area contributed by atoms with Gasteiger partial charge in [-0.25, -0.2) is 13.8 Å². The molecule has 3 N–H and O–H groups in total. The number of halogens is 3. The van der Waals surface area contributed by atoms with Crippen molar-refractivity contribution in [3.05, 3.63) is 70.4 Å². The van der Waals surface area contributed by atoms with Crippen LogP contribution in [-0.2, 0) is 4.74 Å². The fraction of sp³-hybridized carbons (Fsp3) is 0.240. The molecule has 36 heavy (non-hydrogen) atoms. The van der Waals surface area contributed by atoms with E-state index < -0.39 is 17.7 Å². The van der Waals surface area contributed by atoms with Gasteiger partial charge in [-0.2, -0.15) is 0 Å². The van der Waals surface area contributed by atoms with Crippen molar-refractivity contribution >= 4 is 34.0 Å². The number of rotatable bonds is 5. The van der Waals surface area contributed by atoms with Crippen LogP contribution in [0.2, 0.25) is 5.02 Å². The van der Waals surface area contributed by atoms with Gasteiger partial charge in [0.2, 0.25) is 5.88 Å². The van der Waals surface area contributed by atoms with Gasteiger partial charge in [0.1, 0.15) is 23.6 Å². The molecule has 11 heteroatoms. The summed E-state index contributed by atoms with van der Waals surface area (Å²) in [4.78, 5) is 6.29. The molecule has 5 rings (SSSR count). The normalized spacial score (nSPS) is 14.8. The summed E-state index contributed by atoms with van der Waals surface area (Å²) in [6.07, 6.45) is -1.32. The topological polar surface area (TPSA) is 107 Å². The van der Waals surface area contributed by atoms with Gasteiger partial charge in [0.25, 0.3) is 0 Å². The Labute approximate surface area is 210 Å². The minimum Gasteiger partial charge on any atom is -0.480 e. The lowest BCUT2D eigenvalue weighted by atomic mass is 9.95. The van der Waals surface area contributed by atoms with Crippen molar-refractivity contribution in [1.82, 2.24) is 15.2 Å². The zero-order valence-electron chi connectivity index (χ0n) is 19.2. The van der Waals surface area contributed by atoms with Crippen LogP contribution >= 0.6 is 11.6 Å². The summed E-state index contributed by atoms with van der Waals surface area (Å²) < 4.78 is 41.1. The highest BCUT2D eigenvalue weighted by atomic mass is 35.5.